The van der Waals surface area contributed by atoms with E-state index in [-0.39, 0.29) is 0 Å². The molecule has 0 unspecified atom stereocenters. The number of hydrogen-bond donors (Lipinski definition) is 0. The number of ether oxygens (including phenoxy) is 2. The lowest BCUT2D eigenvalue weighted by atomic mass is 10.2. The molecule has 0 aliphatic rings. The molecule has 0 radical (unpaired) electrons. The molecule has 0 saturated heterocycles. The van der Waals surface area contributed by atoms with E-state index in [1.165, 1.54) is 0 Å². The fourth-order valence-electron chi connectivity index (χ4n) is 2.08. The first-order chi connectivity index (χ1) is 9.22. The molecule has 0 fully saturated rings. The smallest absolute Gasteiger partial charge is 0.177 e. The molecule has 0 saturated carbocycles. The number of hydrogen-bond acceptors (Lipinski definition) is 4. The number of aryl methyl sites for hydroxylation is 1. The zero-order chi connectivity index (χ0) is 13.4. The summed E-state index contributed by atoms with van der Waals surface area (Å²) in [5.74, 6) is 2.86. The fraction of sp³-hybridized carbons (Fsp3) is 0.214. The number of imidazole rings is 1. The van der Waals surface area contributed by atoms with Gasteiger partial charge in [-0.2, -0.15) is 0 Å². The Morgan fingerprint density at radius 1 is 1.16 bits per heavy atom. The molecular weight excluding hydrogens is 244 g/mol. The minimum absolute atomic E-state index is 0.648. The van der Waals surface area contributed by atoms with E-state index >= 15 is 0 Å². The van der Waals surface area contributed by atoms with Crippen LogP contribution >= 0.6 is 0 Å². The van der Waals surface area contributed by atoms with Crippen LogP contribution < -0.4 is 9.47 Å². The highest BCUT2D eigenvalue weighted by atomic mass is 16.5. The molecule has 98 valence electrons. The van der Waals surface area contributed by atoms with E-state index in [9.17, 15) is 0 Å². The van der Waals surface area contributed by atoms with E-state index in [0.717, 1.165) is 17.0 Å². The molecule has 5 nitrogen and oxygen atoms in total. The van der Waals surface area contributed by atoms with Gasteiger partial charge in [-0.15, -0.1) is 0 Å². The number of benzene rings is 1. The normalized spacial score (nSPS) is 10.9. The van der Waals surface area contributed by atoms with Crippen molar-refractivity contribution < 1.29 is 13.9 Å². The summed E-state index contributed by atoms with van der Waals surface area (Å²) in [7, 11) is 5.16. The molecule has 2 heterocycles. The third kappa shape index (κ3) is 1.83. The van der Waals surface area contributed by atoms with Gasteiger partial charge in [0, 0.05) is 30.9 Å². The number of fused-ring (bicyclic) bond motifs is 1. The minimum atomic E-state index is 0.648. The van der Waals surface area contributed by atoms with Crippen molar-refractivity contribution >= 4 is 11.0 Å². The molecule has 0 atom stereocenters. The van der Waals surface area contributed by atoms with Crippen LogP contribution in [-0.2, 0) is 7.05 Å². The highest BCUT2D eigenvalue weighted by Crippen LogP contribution is 2.36. The minimum Gasteiger partial charge on any atom is -0.497 e. The zero-order valence-electron chi connectivity index (χ0n) is 11.0. The molecule has 2 aromatic heterocycles. The van der Waals surface area contributed by atoms with E-state index in [1.54, 1.807) is 26.5 Å². The second kappa shape index (κ2) is 4.35. The molecule has 3 rings (SSSR count). The first-order valence-electron chi connectivity index (χ1n) is 5.86. The lowest BCUT2D eigenvalue weighted by Gasteiger charge is -2.04. The van der Waals surface area contributed by atoms with Crippen LogP contribution in [0.25, 0.3) is 22.6 Å². The summed E-state index contributed by atoms with van der Waals surface area (Å²) >= 11 is 0. The van der Waals surface area contributed by atoms with Crippen LogP contribution in [0.2, 0.25) is 0 Å². The Hall–Kier alpha value is -2.43. The number of furan rings is 1. The maximum atomic E-state index is 5.85. The van der Waals surface area contributed by atoms with E-state index < -0.39 is 0 Å². The van der Waals surface area contributed by atoms with E-state index in [1.807, 2.05) is 29.9 Å². The number of aromatic nitrogens is 2. The van der Waals surface area contributed by atoms with Gasteiger partial charge in [-0.05, 0) is 12.1 Å². The standard InChI is InChI=1S/C14H14N2O3/c1-16-5-4-15-14(16)12-7-9-6-10(17-2)8-11(18-3)13(9)19-12/h4-8H,1-3H3. The summed E-state index contributed by atoms with van der Waals surface area (Å²) in [6, 6.07) is 5.64. The van der Waals surface area contributed by atoms with Crippen molar-refractivity contribution in [2.75, 3.05) is 14.2 Å². The van der Waals surface area contributed by atoms with Crippen molar-refractivity contribution in [1.82, 2.24) is 9.55 Å². The summed E-state index contributed by atoms with van der Waals surface area (Å²) < 4.78 is 18.3. The molecule has 0 amide bonds. The highest BCUT2D eigenvalue weighted by Gasteiger charge is 2.14. The Morgan fingerprint density at radius 3 is 2.63 bits per heavy atom. The van der Waals surface area contributed by atoms with Crippen LogP contribution in [0, 0.1) is 0 Å². The van der Waals surface area contributed by atoms with Crippen molar-refractivity contribution in [2.24, 2.45) is 7.05 Å². The Bertz CT molecular complexity index is 727. The topological polar surface area (TPSA) is 49.4 Å². The maximum Gasteiger partial charge on any atom is 0.177 e. The van der Waals surface area contributed by atoms with Gasteiger partial charge >= 0.3 is 0 Å². The van der Waals surface area contributed by atoms with Crippen molar-refractivity contribution in [2.45, 2.75) is 0 Å². The van der Waals surface area contributed by atoms with Crippen LogP contribution in [0.15, 0.2) is 35.0 Å². The Balaban J connectivity index is 2.23. The molecule has 0 aliphatic heterocycles. The van der Waals surface area contributed by atoms with E-state index in [2.05, 4.69) is 4.98 Å². The number of rotatable bonds is 3. The molecule has 5 heteroatoms. The molecule has 0 bridgehead atoms. The number of nitrogens with zero attached hydrogens (tertiary/aromatic N) is 2. The largest absolute Gasteiger partial charge is 0.497 e. The van der Waals surface area contributed by atoms with Gasteiger partial charge in [-0.3, -0.25) is 0 Å². The lowest BCUT2D eigenvalue weighted by Crippen LogP contribution is -1.88. The highest BCUT2D eigenvalue weighted by molar-refractivity contribution is 5.88. The van der Waals surface area contributed by atoms with Crippen molar-refractivity contribution in [1.29, 1.82) is 0 Å². The van der Waals surface area contributed by atoms with E-state index in [0.29, 0.717) is 17.1 Å². The first kappa shape index (κ1) is 11.6. The molecule has 3 aromatic rings. The summed E-state index contributed by atoms with van der Waals surface area (Å²) in [5, 5.41) is 0.925. The summed E-state index contributed by atoms with van der Waals surface area (Å²) in [5.41, 5.74) is 0.696. The second-order valence-corrected chi connectivity index (χ2v) is 4.22. The molecule has 0 aliphatic carbocycles. The summed E-state index contributed by atoms with van der Waals surface area (Å²) in [6.07, 6.45) is 3.61. The van der Waals surface area contributed by atoms with E-state index in [4.69, 9.17) is 13.9 Å². The summed E-state index contributed by atoms with van der Waals surface area (Å²) in [6.45, 7) is 0. The molecular formula is C14H14N2O3. The molecule has 19 heavy (non-hydrogen) atoms. The van der Waals surface area contributed by atoms with Crippen LogP contribution in [0.3, 0.4) is 0 Å². The predicted molar refractivity (Wildman–Crippen MR) is 71.5 cm³/mol. The van der Waals surface area contributed by atoms with Crippen molar-refractivity contribution in [3.05, 3.63) is 30.6 Å². The van der Waals surface area contributed by atoms with Gasteiger partial charge in [-0.1, -0.05) is 0 Å². The monoisotopic (exact) mass is 258 g/mol. The Kier molecular flexibility index (Phi) is 2.67. The van der Waals surface area contributed by atoms with Crippen LogP contribution in [0.5, 0.6) is 11.5 Å². The van der Waals surface area contributed by atoms with Gasteiger partial charge in [0.15, 0.2) is 22.9 Å². The van der Waals surface area contributed by atoms with Gasteiger partial charge in [0.05, 0.1) is 14.2 Å². The zero-order valence-corrected chi connectivity index (χ0v) is 11.0. The van der Waals surface area contributed by atoms with Gasteiger partial charge in [0.1, 0.15) is 5.75 Å². The van der Waals surface area contributed by atoms with Crippen LogP contribution in [0.1, 0.15) is 0 Å². The van der Waals surface area contributed by atoms with Crippen LogP contribution in [-0.4, -0.2) is 23.8 Å². The fourth-order valence-corrected chi connectivity index (χ4v) is 2.08. The lowest BCUT2D eigenvalue weighted by molar-refractivity contribution is 0.393. The second-order valence-electron chi connectivity index (χ2n) is 4.22. The Morgan fingerprint density at radius 2 is 2.00 bits per heavy atom. The quantitative estimate of drug-likeness (QED) is 0.724. The average Bonchev–Trinajstić information content (AvgIpc) is 3.02. The molecule has 1 aromatic carbocycles. The Labute approximate surface area is 110 Å². The third-order valence-corrected chi connectivity index (χ3v) is 3.05. The maximum absolute atomic E-state index is 5.85. The molecule has 0 N–H and O–H groups in total. The average molecular weight is 258 g/mol. The van der Waals surface area contributed by atoms with Crippen molar-refractivity contribution in [3.63, 3.8) is 0 Å². The number of methoxy groups -OCH3 is 2. The molecule has 0 spiro atoms. The van der Waals surface area contributed by atoms with Crippen molar-refractivity contribution in [3.8, 4) is 23.1 Å². The van der Waals surface area contributed by atoms with Gasteiger partial charge in [-0.25, -0.2) is 4.98 Å². The van der Waals surface area contributed by atoms with Crippen LogP contribution in [0.4, 0.5) is 0 Å². The summed E-state index contributed by atoms with van der Waals surface area (Å²) in [4.78, 5) is 4.28. The SMILES string of the molecule is COc1cc(OC)c2oc(-c3nccn3C)cc2c1. The van der Waals surface area contributed by atoms with Gasteiger partial charge in [0.25, 0.3) is 0 Å². The first-order valence-corrected chi connectivity index (χ1v) is 5.86. The third-order valence-electron chi connectivity index (χ3n) is 3.05. The van der Waals surface area contributed by atoms with Gasteiger partial charge in [0.2, 0.25) is 0 Å². The predicted octanol–water partition coefficient (Wildman–Crippen LogP) is 2.85. The van der Waals surface area contributed by atoms with Gasteiger partial charge < -0.3 is 18.5 Å².